The van der Waals surface area contributed by atoms with Crippen molar-refractivity contribution in [3.05, 3.63) is 70.7 Å². The van der Waals surface area contributed by atoms with E-state index in [2.05, 4.69) is 15.8 Å². The second-order valence-electron chi connectivity index (χ2n) is 4.86. The van der Waals surface area contributed by atoms with E-state index in [0.717, 1.165) is 11.1 Å². The van der Waals surface area contributed by atoms with E-state index in [1.54, 1.807) is 31.2 Å². The monoisotopic (exact) mass is 329 g/mol. The normalized spacial score (nSPS) is 11.9. The molecule has 0 saturated carbocycles. The van der Waals surface area contributed by atoms with Gasteiger partial charge in [0.15, 0.2) is 0 Å². The van der Waals surface area contributed by atoms with Crippen LogP contribution in [0.25, 0.3) is 0 Å². The fraction of sp³-hybridized carbons (Fsp3) is 0.118. The minimum absolute atomic E-state index is 0.272. The highest BCUT2D eigenvalue weighted by Gasteiger charge is 2.16. The van der Waals surface area contributed by atoms with Crippen molar-refractivity contribution in [1.82, 2.24) is 10.7 Å². The van der Waals surface area contributed by atoms with E-state index in [0.29, 0.717) is 5.02 Å². The van der Waals surface area contributed by atoms with Crippen LogP contribution in [0.4, 0.5) is 0 Å². The molecule has 0 aliphatic heterocycles. The van der Waals surface area contributed by atoms with Crippen LogP contribution in [0.15, 0.2) is 59.7 Å². The number of carbonyl (C=O) groups is 2. The molecule has 0 spiro atoms. The van der Waals surface area contributed by atoms with Gasteiger partial charge in [-0.2, -0.15) is 5.10 Å². The minimum atomic E-state index is -0.828. The summed E-state index contributed by atoms with van der Waals surface area (Å²) in [7, 11) is 0. The summed E-state index contributed by atoms with van der Waals surface area (Å²) in [5.74, 6) is -1.57. The fourth-order valence-corrected chi connectivity index (χ4v) is 2.09. The SMILES string of the molecule is C[C@H](NC(=O)C(=O)N/N=C\c1cccc(Cl)c1)c1ccccc1. The molecular formula is C17H16ClN3O2. The first kappa shape index (κ1) is 16.7. The van der Waals surface area contributed by atoms with Gasteiger partial charge in [-0.15, -0.1) is 0 Å². The van der Waals surface area contributed by atoms with E-state index in [1.165, 1.54) is 6.21 Å². The summed E-state index contributed by atoms with van der Waals surface area (Å²) in [5, 5.41) is 6.91. The molecule has 0 aromatic heterocycles. The third kappa shape index (κ3) is 5.23. The Labute approximate surface area is 139 Å². The summed E-state index contributed by atoms with van der Waals surface area (Å²) in [6.07, 6.45) is 1.41. The first-order chi connectivity index (χ1) is 11.1. The summed E-state index contributed by atoms with van der Waals surface area (Å²) in [6, 6.07) is 16.1. The Hall–Kier alpha value is -2.66. The van der Waals surface area contributed by atoms with Gasteiger partial charge in [0.1, 0.15) is 0 Å². The predicted molar refractivity (Wildman–Crippen MR) is 90.2 cm³/mol. The van der Waals surface area contributed by atoms with Crippen LogP contribution in [-0.2, 0) is 9.59 Å². The number of rotatable bonds is 4. The highest BCUT2D eigenvalue weighted by Crippen LogP contribution is 2.10. The van der Waals surface area contributed by atoms with Crippen LogP contribution in [-0.4, -0.2) is 18.0 Å². The van der Waals surface area contributed by atoms with E-state index in [1.807, 2.05) is 30.3 Å². The summed E-state index contributed by atoms with van der Waals surface area (Å²) in [5.41, 5.74) is 3.81. The number of halogens is 1. The molecule has 0 fully saturated rings. The van der Waals surface area contributed by atoms with Gasteiger partial charge < -0.3 is 5.32 Å². The zero-order chi connectivity index (χ0) is 16.7. The number of nitrogens with zero attached hydrogens (tertiary/aromatic N) is 1. The van der Waals surface area contributed by atoms with Gasteiger partial charge in [0, 0.05) is 5.02 Å². The Morgan fingerprint density at radius 1 is 1.09 bits per heavy atom. The molecule has 2 N–H and O–H groups in total. The summed E-state index contributed by atoms with van der Waals surface area (Å²) >= 11 is 5.84. The van der Waals surface area contributed by atoms with E-state index < -0.39 is 11.8 Å². The van der Waals surface area contributed by atoms with Crippen molar-refractivity contribution in [1.29, 1.82) is 0 Å². The first-order valence-corrected chi connectivity index (χ1v) is 7.38. The maximum atomic E-state index is 11.8. The quantitative estimate of drug-likeness (QED) is 0.514. The first-order valence-electron chi connectivity index (χ1n) is 7.00. The minimum Gasteiger partial charge on any atom is -0.341 e. The smallest absolute Gasteiger partial charge is 0.329 e. The van der Waals surface area contributed by atoms with E-state index in [-0.39, 0.29) is 6.04 Å². The third-order valence-corrected chi connectivity index (χ3v) is 3.32. The standard InChI is InChI=1S/C17H16ClN3O2/c1-12(14-7-3-2-4-8-14)20-16(22)17(23)21-19-11-13-6-5-9-15(18)10-13/h2-12H,1H3,(H,20,22)(H,21,23)/b19-11-/t12-/m0/s1. The number of benzene rings is 2. The molecule has 0 aliphatic carbocycles. The van der Waals surface area contributed by atoms with Gasteiger partial charge in [0.2, 0.25) is 0 Å². The van der Waals surface area contributed by atoms with Gasteiger partial charge in [0.25, 0.3) is 0 Å². The molecule has 2 aromatic carbocycles. The molecule has 0 heterocycles. The zero-order valence-electron chi connectivity index (χ0n) is 12.5. The Balaban J connectivity index is 1.87. The lowest BCUT2D eigenvalue weighted by atomic mass is 10.1. The average Bonchev–Trinajstić information content (AvgIpc) is 2.55. The number of hydrogen-bond donors (Lipinski definition) is 2. The fourth-order valence-electron chi connectivity index (χ4n) is 1.89. The Morgan fingerprint density at radius 2 is 1.83 bits per heavy atom. The molecule has 0 bridgehead atoms. The van der Waals surface area contributed by atoms with E-state index in [4.69, 9.17) is 11.6 Å². The number of amides is 2. The molecule has 0 unspecified atom stereocenters. The molecule has 2 amide bonds. The van der Waals surface area contributed by atoms with Crippen LogP contribution in [0, 0.1) is 0 Å². The highest BCUT2D eigenvalue weighted by molar-refractivity contribution is 6.35. The van der Waals surface area contributed by atoms with Gasteiger partial charge >= 0.3 is 11.8 Å². The van der Waals surface area contributed by atoms with Crippen molar-refractivity contribution in [3.8, 4) is 0 Å². The number of hydrogen-bond acceptors (Lipinski definition) is 3. The van der Waals surface area contributed by atoms with Gasteiger partial charge in [-0.05, 0) is 30.2 Å². The summed E-state index contributed by atoms with van der Waals surface area (Å²) < 4.78 is 0. The van der Waals surface area contributed by atoms with Crippen molar-refractivity contribution >= 4 is 29.6 Å². The maximum Gasteiger partial charge on any atom is 0.329 e. The van der Waals surface area contributed by atoms with Crippen LogP contribution >= 0.6 is 11.6 Å². The van der Waals surface area contributed by atoms with E-state index in [9.17, 15) is 9.59 Å². The Kier molecular flexibility index (Phi) is 5.88. The van der Waals surface area contributed by atoms with Crippen LogP contribution in [0.3, 0.4) is 0 Å². The van der Waals surface area contributed by atoms with Gasteiger partial charge in [-0.3, -0.25) is 9.59 Å². The summed E-state index contributed by atoms with van der Waals surface area (Å²) in [4.78, 5) is 23.5. The maximum absolute atomic E-state index is 11.8. The predicted octanol–water partition coefficient (Wildman–Crippen LogP) is 2.67. The lowest BCUT2D eigenvalue weighted by Gasteiger charge is -2.13. The molecule has 0 aliphatic rings. The van der Waals surface area contributed by atoms with Crippen LogP contribution in [0.5, 0.6) is 0 Å². The number of nitrogens with one attached hydrogen (secondary N) is 2. The largest absolute Gasteiger partial charge is 0.341 e. The highest BCUT2D eigenvalue weighted by atomic mass is 35.5. The average molecular weight is 330 g/mol. The van der Waals surface area contributed by atoms with Gasteiger partial charge in [-0.1, -0.05) is 54.1 Å². The molecule has 1 atom stereocenters. The Morgan fingerprint density at radius 3 is 2.52 bits per heavy atom. The second-order valence-corrected chi connectivity index (χ2v) is 5.30. The second kappa shape index (κ2) is 8.10. The van der Waals surface area contributed by atoms with Crippen molar-refractivity contribution in [2.75, 3.05) is 0 Å². The number of hydrazone groups is 1. The van der Waals surface area contributed by atoms with E-state index >= 15 is 0 Å². The molecule has 0 saturated heterocycles. The molecule has 2 aromatic rings. The molecule has 5 nitrogen and oxygen atoms in total. The van der Waals surface area contributed by atoms with Crippen molar-refractivity contribution in [2.45, 2.75) is 13.0 Å². The summed E-state index contributed by atoms with van der Waals surface area (Å²) in [6.45, 7) is 1.80. The molecule has 23 heavy (non-hydrogen) atoms. The molecule has 118 valence electrons. The molecule has 0 radical (unpaired) electrons. The Bertz CT molecular complexity index is 717. The van der Waals surface area contributed by atoms with Crippen molar-refractivity contribution in [2.24, 2.45) is 5.10 Å². The molecular weight excluding hydrogens is 314 g/mol. The molecule has 2 rings (SSSR count). The van der Waals surface area contributed by atoms with Crippen LogP contribution < -0.4 is 10.7 Å². The lowest BCUT2D eigenvalue weighted by molar-refractivity contribution is -0.139. The topological polar surface area (TPSA) is 70.6 Å². The van der Waals surface area contributed by atoms with Crippen LogP contribution in [0.2, 0.25) is 5.02 Å². The third-order valence-electron chi connectivity index (χ3n) is 3.08. The van der Waals surface area contributed by atoms with Gasteiger partial charge in [-0.25, -0.2) is 5.43 Å². The van der Waals surface area contributed by atoms with Crippen molar-refractivity contribution < 1.29 is 9.59 Å². The lowest BCUT2D eigenvalue weighted by Crippen LogP contribution is -2.39. The molecule has 6 heteroatoms. The zero-order valence-corrected chi connectivity index (χ0v) is 13.2. The number of carbonyl (C=O) groups excluding carboxylic acids is 2. The van der Waals surface area contributed by atoms with Crippen molar-refractivity contribution in [3.63, 3.8) is 0 Å². The van der Waals surface area contributed by atoms with Gasteiger partial charge in [0.05, 0.1) is 12.3 Å². The van der Waals surface area contributed by atoms with Crippen LogP contribution in [0.1, 0.15) is 24.1 Å².